The molecule has 0 saturated carbocycles. The molecule has 1 amide bonds. The third-order valence-corrected chi connectivity index (χ3v) is 4.91. The molecule has 0 radical (unpaired) electrons. The molecule has 0 bridgehead atoms. The van der Waals surface area contributed by atoms with Crippen LogP contribution >= 0.6 is 11.8 Å². The first-order valence-electron chi connectivity index (χ1n) is 8.00. The number of methoxy groups -OCH3 is 1. The van der Waals surface area contributed by atoms with E-state index >= 15 is 0 Å². The lowest BCUT2D eigenvalue weighted by Crippen LogP contribution is -2.43. The third-order valence-electron chi connectivity index (χ3n) is 3.69. The van der Waals surface area contributed by atoms with Gasteiger partial charge in [0.25, 0.3) is 0 Å². The third kappa shape index (κ3) is 4.90. The first-order chi connectivity index (χ1) is 11.2. The van der Waals surface area contributed by atoms with E-state index in [4.69, 9.17) is 9.47 Å². The number of benzene rings is 1. The number of hydrogen-bond acceptors (Lipinski definition) is 5. The second-order valence-corrected chi connectivity index (χ2v) is 8.33. The van der Waals surface area contributed by atoms with Crippen molar-refractivity contribution in [3.63, 3.8) is 0 Å². The van der Waals surface area contributed by atoms with E-state index in [-0.39, 0.29) is 5.25 Å². The normalized spacial score (nSPS) is 20.8. The van der Waals surface area contributed by atoms with Gasteiger partial charge in [-0.05, 0) is 46.2 Å². The molecule has 1 saturated heterocycles. The molecule has 0 spiro atoms. The predicted molar refractivity (Wildman–Crippen MR) is 94.2 cm³/mol. The van der Waals surface area contributed by atoms with Gasteiger partial charge >= 0.3 is 12.1 Å². The van der Waals surface area contributed by atoms with Gasteiger partial charge in [-0.15, -0.1) is 11.8 Å². The van der Waals surface area contributed by atoms with Crippen molar-refractivity contribution in [2.45, 2.75) is 55.9 Å². The van der Waals surface area contributed by atoms with Crippen LogP contribution in [0.3, 0.4) is 0 Å². The number of ether oxygens (including phenoxy) is 2. The first-order valence-corrected chi connectivity index (χ1v) is 8.88. The van der Waals surface area contributed by atoms with Crippen molar-refractivity contribution in [3.8, 4) is 0 Å². The Labute approximate surface area is 147 Å². The molecule has 0 N–H and O–H groups in total. The summed E-state index contributed by atoms with van der Waals surface area (Å²) in [6, 6.07) is 7.64. The smallest absolute Gasteiger partial charge is 0.411 e. The second kappa shape index (κ2) is 7.47. The average molecular weight is 351 g/mol. The number of amides is 1. The topological polar surface area (TPSA) is 55.8 Å². The van der Waals surface area contributed by atoms with Gasteiger partial charge in [-0.3, -0.25) is 4.90 Å². The zero-order valence-electron chi connectivity index (χ0n) is 14.9. The van der Waals surface area contributed by atoms with Crippen LogP contribution in [0.2, 0.25) is 0 Å². The Bertz CT molecular complexity index is 594. The van der Waals surface area contributed by atoms with Gasteiger partial charge in [0.2, 0.25) is 0 Å². The van der Waals surface area contributed by atoms with Gasteiger partial charge < -0.3 is 9.47 Å². The molecule has 5 nitrogen and oxygen atoms in total. The SMILES string of the molecule is COC(=O)[C@H]1CC(Sc2ccc(C)cc2)CN1C(=O)OC(C)(C)C. The molecule has 24 heavy (non-hydrogen) atoms. The zero-order chi connectivity index (χ0) is 17.9. The van der Waals surface area contributed by atoms with Crippen molar-refractivity contribution in [2.75, 3.05) is 13.7 Å². The molecule has 1 aromatic carbocycles. The Morgan fingerprint density at radius 2 is 1.83 bits per heavy atom. The Morgan fingerprint density at radius 3 is 2.38 bits per heavy atom. The quantitative estimate of drug-likeness (QED) is 0.778. The molecule has 1 aliphatic rings. The molecule has 6 heteroatoms. The summed E-state index contributed by atoms with van der Waals surface area (Å²) in [5.41, 5.74) is 0.605. The molecular weight excluding hydrogens is 326 g/mol. The highest BCUT2D eigenvalue weighted by Gasteiger charge is 2.42. The zero-order valence-corrected chi connectivity index (χ0v) is 15.7. The van der Waals surface area contributed by atoms with Gasteiger partial charge in [-0.2, -0.15) is 0 Å². The first kappa shape index (κ1) is 18.6. The summed E-state index contributed by atoms with van der Waals surface area (Å²) in [6.07, 6.45) is 0.0923. The monoisotopic (exact) mass is 351 g/mol. The molecule has 1 heterocycles. The average Bonchev–Trinajstić information content (AvgIpc) is 2.91. The van der Waals surface area contributed by atoms with Crippen LogP contribution in [0.1, 0.15) is 32.8 Å². The highest BCUT2D eigenvalue weighted by atomic mass is 32.2. The molecule has 2 atom stereocenters. The molecule has 1 fully saturated rings. The van der Waals surface area contributed by atoms with E-state index in [1.807, 2.05) is 27.7 Å². The maximum absolute atomic E-state index is 12.4. The number of aryl methyl sites for hydroxylation is 1. The Balaban J connectivity index is 2.09. The van der Waals surface area contributed by atoms with Crippen molar-refractivity contribution in [2.24, 2.45) is 0 Å². The molecule has 1 aliphatic heterocycles. The summed E-state index contributed by atoms with van der Waals surface area (Å²) >= 11 is 1.67. The highest BCUT2D eigenvalue weighted by molar-refractivity contribution is 8.00. The minimum Gasteiger partial charge on any atom is -0.467 e. The summed E-state index contributed by atoms with van der Waals surface area (Å²) in [5.74, 6) is -0.395. The van der Waals surface area contributed by atoms with Crippen LogP contribution < -0.4 is 0 Å². The fourth-order valence-corrected chi connectivity index (χ4v) is 3.77. The van der Waals surface area contributed by atoms with E-state index in [0.717, 1.165) is 4.90 Å². The van der Waals surface area contributed by atoms with E-state index in [0.29, 0.717) is 13.0 Å². The van der Waals surface area contributed by atoms with Gasteiger partial charge in [0.05, 0.1) is 7.11 Å². The van der Waals surface area contributed by atoms with Crippen molar-refractivity contribution in [3.05, 3.63) is 29.8 Å². The summed E-state index contributed by atoms with van der Waals surface area (Å²) in [7, 11) is 1.34. The van der Waals surface area contributed by atoms with E-state index < -0.39 is 23.7 Å². The van der Waals surface area contributed by atoms with Gasteiger partial charge in [-0.1, -0.05) is 17.7 Å². The van der Waals surface area contributed by atoms with Crippen molar-refractivity contribution in [1.82, 2.24) is 4.90 Å². The van der Waals surface area contributed by atoms with Crippen LogP contribution in [0.4, 0.5) is 4.79 Å². The van der Waals surface area contributed by atoms with Crippen LogP contribution in [0.5, 0.6) is 0 Å². The van der Waals surface area contributed by atoms with Gasteiger partial charge in [0.1, 0.15) is 11.6 Å². The lowest BCUT2D eigenvalue weighted by molar-refractivity contribution is -0.145. The van der Waals surface area contributed by atoms with E-state index in [9.17, 15) is 9.59 Å². The Morgan fingerprint density at radius 1 is 1.21 bits per heavy atom. The number of carbonyl (C=O) groups is 2. The number of esters is 1. The van der Waals surface area contributed by atoms with Crippen molar-refractivity contribution in [1.29, 1.82) is 0 Å². The number of nitrogens with zero attached hydrogens (tertiary/aromatic N) is 1. The molecule has 2 rings (SSSR count). The molecule has 0 aromatic heterocycles. The van der Waals surface area contributed by atoms with E-state index in [1.54, 1.807) is 11.8 Å². The van der Waals surface area contributed by atoms with Crippen LogP contribution in [0.15, 0.2) is 29.2 Å². The maximum Gasteiger partial charge on any atom is 0.411 e. The standard InChI is InChI=1S/C18H25NO4S/c1-12-6-8-13(9-7-12)24-14-10-15(16(20)22-5)19(11-14)17(21)23-18(2,3)4/h6-9,14-15H,10-11H2,1-5H3/t14?,15-/m1/s1. The Kier molecular flexibility index (Phi) is 5.80. The predicted octanol–water partition coefficient (Wildman–Crippen LogP) is 3.64. The van der Waals surface area contributed by atoms with Crippen LogP contribution in [0.25, 0.3) is 0 Å². The van der Waals surface area contributed by atoms with Gasteiger partial charge in [-0.25, -0.2) is 9.59 Å². The van der Waals surface area contributed by atoms with E-state index in [1.165, 1.54) is 17.6 Å². The minimum atomic E-state index is -0.597. The number of rotatable bonds is 3. The van der Waals surface area contributed by atoms with Gasteiger partial charge in [0, 0.05) is 16.7 Å². The molecule has 1 unspecified atom stereocenters. The van der Waals surface area contributed by atoms with E-state index in [2.05, 4.69) is 24.3 Å². The summed E-state index contributed by atoms with van der Waals surface area (Å²) in [6.45, 7) is 7.95. The lowest BCUT2D eigenvalue weighted by atomic mass is 10.2. The number of hydrogen-bond donors (Lipinski definition) is 0. The largest absolute Gasteiger partial charge is 0.467 e. The fraction of sp³-hybridized carbons (Fsp3) is 0.556. The number of carbonyl (C=O) groups excluding carboxylic acids is 2. The molecule has 0 aliphatic carbocycles. The number of thioether (sulfide) groups is 1. The van der Waals surface area contributed by atoms with Crippen LogP contribution in [-0.4, -0.2) is 47.5 Å². The van der Waals surface area contributed by atoms with Crippen LogP contribution in [-0.2, 0) is 14.3 Å². The Hall–Kier alpha value is -1.69. The number of likely N-dealkylation sites (tertiary alicyclic amines) is 1. The summed E-state index contributed by atoms with van der Waals surface area (Å²) < 4.78 is 10.3. The summed E-state index contributed by atoms with van der Waals surface area (Å²) in [4.78, 5) is 27.1. The van der Waals surface area contributed by atoms with Crippen LogP contribution in [0, 0.1) is 6.92 Å². The second-order valence-electron chi connectivity index (χ2n) is 6.96. The minimum absolute atomic E-state index is 0.129. The molecule has 132 valence electrons. The fourth-order valence-electron chi connectivity index (χ4n) is 2.57. The van der Waals surface area contributed by atoms with Gasteiger partial charge in [0.15, 0.2) is 0 Å². The lowest BCUT2D eigenvalue weighted by Gasteiger charge is -2.27. The summed E-state index contributed by atoms with van der Waals surface area (Å²) in [5, 5.41) is 0.129. The maximum atomic E-state index is 12.4. The molecule has 1 aromatic rings. The highest BCUT2D eigenvalue weighted by Crippen LogP contribution is 2.34. The van der Waals surface area contributed by atoms with Crippen molar-refractivity contribution >= 4 is 23.8 Å². The van der Waals surface area contributed by atoms with Crippen molar-refractivity contribution < 1.29 is 19.1 Å². The molecular formula is C18H25NO4S.